The summed E-state index contributed by atoms with van der Waals surface area (Å²) in [4.78, 5) is 14.7. The first kappa shape index (κ1) is 10.7. The lowest BCUT2D eigenvalue weighted by atomic mass is 10.1. The number of H-pyrrole nitrogens is 1. The topological polar surface area (TPSA) is 55.2 Å². The standard InChI is InChI=1S/C14H11NO3/c1-17-10-6-4-9(5-7-10)13-12-11(14(16)18-13)3-2-8-15-12/h2-8,15H,1H3. The summed E-state index contributed by atoms with van der Waals surface area (Å²) in [7, 11) is 1.61. The predicted octanol–water partition coefficient (Wildman–Crippen LogP) is 2.75. The van der Waals surface area contributed by atoms with Crippen molar-refractivity contribution >= 4 is 0 Å². The van der Waals surface area contributed by atoms with E-state index < -0.39 is 0 Å². The van der Waals surface area contributed by atoms with Gasteiger partial charge in [0, 0.05) is 11.8 Å². The summed E-state index contributed by atoms with van der Waals surface area (Å²) in [5.41, 5.74) is 1.79. The largest absolute Gasteiger partial charge is 0.497 e. The van der Waals surface area contributed by atoms with Gasteiger partial charge >= 0.3 is 5.63 Å². The number of hydrogen-bond acceptors (Lipinski definition) is 3. The maximum absolute atomic E-state index is 11.7. The van der Waals surface area contributed by atoms with Crippen molar-refractivity contribution in [1.82, 2.24) is 4.98 Å². The number of pyridine rings is 1. The van der Waals surface area contributed by atoms with E-state index in [0.717, 1.165) is 11.3 Å². The number of furan rings is 1. The minimum absolute atomic E-state index is 0.326. The van der Waals surface area contributed by atoms with Crippen LogP contribution in [0, 0.1) is 0 Å². The van der Waals surface area contributed by atoms with Crippen LogP contribution in [0.15, 0.2) is 51.8 Å². The van der Waals surface area contributed by atoms with E-state index in [2.05, 4.69) is 4.98 Å². The minimum atomic E-state index is -0.326. The number of aromatic nitrogens is 1. The molecule has 0 fully saturated rings. The van der Waals surface area contributed by atoms with Crippen LogP contribution < -0.4 is 10.4 Å². The molecule has 90 valence electrons. The zero-order valence-corrected chi connectivity index (χ0v) is 9.77. The molecule has 0 amide bonds. The molecule has 0 saturated carbocycles. The molecule has 0 spiro atoms. The Balaban J connectivity index is 2.17. The van der Waals surface area contributed by atoms with E-state index in [1.807, 2.05) is 24.3 Å². The third kappa shape index (κ3) is 1.59. The van der Waals surface area contributed by atoms with E-state index in [9.17, 15) is 4.79 Å². The highest BCUT2D eigenvalue weighted by Gasteiger charge is 2.18. The number of nitrogens with one attached hydrogen (secondary N) is 1. The molecule has 0 unspecified atom stereocenters. The molecule has 3 rings (SSSR count). The number of ether oxygens (including phenoxy) is 1. The first-order valence-electron chi connectivity index (χ1n) is 5.54. The van der Waals surface area contributed by atoms with Gasteiger partial charge in [-0.1, -0.05) is 0 Å². The average molecular weight is 241 g/mol. The Hall–Kier alpha value is -2.49. The second-order valence-electron chi connectivity index (χ2n) is 3.91. The zero-order valence-electron chi connectivity index (χ0n) is 9.77. The van der Waals surface area contributed by atoms with Crippen LogP contribution in [0.3, 0.4) is 0 Å². The molecule has 0 radical (unpaired) electrons. The van der Waals surface area contributed by atoms with Crippen molar-refractivity contribution < 1.29 is 9.15 Å². The van der Waals surface area contributed by atoms with Gasteiger partial charge in [0.25, 0.3) is 0 Å². The van der Waals surface area contributed by atoms with Crippen molar-refractivity contribution in [2.45, 2.75) is 0 Å². The Labute approximate surface area is 103 Å². The highest BCUT2D eigenvalue weighted by molar-refractivity contribution is 5.77. The number of rotatable bonds is 2. The SMILES string of the molecule is COc1ccc(-c2oc(=O)c3ccc[nH]c2-3)cc1. The summed E-state index contributed by atoms with van der Waals surface area (Å²) >= 11 is 0. The van der Waals surface area contributed by atoms with Crippen LogP contribution in [0.1, 0.15) is 0 Å². The molecule has 0 atom stereocenters. The highest BCUT2D eigenvalue weighted by Crippen LogP contribution is 2.31. The molecule has 4 nitrogen and oxygen atoms in total. The average Bonchev–Trinajstić information content (AvgIpc) is 2.77. The third-order valence-corrected chi connectivity index (χ3v) is 2.85. The van der Waals surface area contributed by atoms with Crippen molar-refractivity contribution in [2.24, 2.45) is 0 Å². The smallest absolute Gasteiger partial charge is 0.345 e. The molecule has 0 aliphatic carbocycles. The van der Waals surface area contributed by atoms with Gasteiger partial charge in [-0.15, -0.1) is 0 Å². The molecule has 1 aromatic carbocycles. The van der Waals surface area contributed by atoms with Gasteiger partial charge in [-0.3, -0.25) is 0 Å². The summed E-state index contributed by atoms with van der Waals surface area (Å²) in [6.45, 7) is 0. The number of benzene rings is 1. The molecule has 0 aromatic heterocycles. The van der Waals surface area contributed by atoms with Crippen LogP contribution in [-0.2, 0) is 0 Å². The number of methoxy groups -OCH3 is 1. The first-order valence-corrected chi connectivity index (χ1v) is 5.54. The second kappa shape index (κ2) is 4.07. The Morgan fingerprint density at radius 1 is 1.17 bits per heavy atom. The number of aromatic amines is 1. The Morgan fingerprint density at radius 3 is 2.67 bits per heavy atom. The van der Waals surface area contributed by atoms with Crippen molar-refractivity contribution in [3.05, 3.63) is 53.0 Å². The fourth-order valence-electron chi connectivity index (χ4n) is 1.94. The lowest BCUT2D eigenvalue weighted by Crippen LogP contribution is -1.94. The summed E-state index contributed by atoms with van der Waals surface area (Å²) in [6, 6.07) is 10.9. The molecule has 0 saturated heterocycles. The summed E-state index contributed by atoms with van der Waals surface area (Å²) in [5.74, 6) is 1.32. The molecule has 18 heavy (non-hydrogen) atoms. The molecule has 2 aliphatic rings. The molecule has 1 N–H and O–H groups in total. The molecule has 1 aromatic rings. The Bertz CT molecular complexity index is 694. The van der Waals surface area contributed by atoms with Crippen LogP contribution in [0.5, 0.6) is 5.75 Å². The number of fused-ring (bicyclic) bond motifs is 1. The normalized spacial score (nSPS) is 10.7. The molecule has 2 aliphatic heterocycles. The van der Waals surface area contributed by atoms with Gasteiger partial charge in [-0.05, 0) is 36.4 Å². The van der Waals surface area contributed by atoms with Gasteiger partial charge in [0.2, 0.25) is 0 Å². The van der Waals surface area contributed by atoms with Crippen LogP contribution in [-0.4, -0.2) is 12.1 Å². The van der Waals surface area contributed by atoms with Gasteiger partial charge < -0.3 is 14.1 Å². The molecular formula is C14H11NO3. The molecule has 0 bridgehead atoms. The monoisotopic (exact) mass is 241 g/mol. The van der Waals surface area contributed by atoms with Crippen LogP contribution in [0.4, 0.5) is 0 Å². The van der Waals surface area contributed by atoms with E-state index >= 15 is 0 Å². The summed E-state index contributed by atoms with van der Waals surface area (Å²) < 4.78 is 10.4. The van der Waals surface area contributed by atoms with E-state index in [0.29, 0.717) is 17.0 Å². The maximum atomic E-state index is 11.7. The predicted molar refractivity (Wildman–Crippen MR) is 67.9 cm³/mol. The van der Waals surface area contributed by atoms with Gasteiger partial charge in [0.1, 0.15) is 5.75 Å². The van der Waals surface area contributed by atoms with Crippen molar-refractivity contribution in [1.29, 1.82) is 0 Å². The Morgan fingerprint density at radius 2 is 1.94 bits per heavy atom. The highest BCUT2D eigenvalue weighted by atomic mass is 16.5. The van der Waals surface area contributed by atoms with Crippen LogP contribution in [0.2, 0.25) is 0 Å². The van der Waals surface area contributed by atoms with Crippen LogP contribution in [0.25, 0.3) is 22.6 Å². The molecule has 2 heterocycles. The van der Waals surface area contributed by atoms with E-state index in [1.54, 1.807) is 25.4 Å². The van der Waals surface area contributed by atoms with Crippen molar-refractivity contribution in [3.63, 3.8) is 0 Å². The fraction of sp³-hybridized carbons (Fsp3) is 0.0714. The second-order valence-corrected chi connectivity index (χ2v) is 3.91. The minimum Gasteiger partial charge on any atom is -0.497 e. The van der Waals surface area contributed by atoms with Crippen LogP contribution >= 0.6 is 0 Å². The summed E-state index contributed by atoms with van der Waals surface area (Å²) in [6.07, 6.45) is 1.77. The third-order valence-electron chi connectivity index (χ3n) is 2.85. The zero-order chi connectivity index (χ0) is 12.5. The van der Waals surface area contributed by atoms with Crippen molar-refractivity contribution in [3.8, 4) is 28.3 Å². The Kier molecular flexibility index (Phi) is 2.41. The van der Waals surface area contributed by atoms with Gasteiger partial charge in [0.15, 0.2) is 5.76 Å². The molecular weight excluding hydrogens is 230 g/mol. The van der Waals surface area contributed by atoms with Gasteiger partial charge in [0.05, 0.1) is 18.4 Å². The van der Waals surface area contributed by atoms with Gasteiger partial charge in [-0.25, -0.2) is 4.79 Å². The summed E-state index contributed by atoms with van der Waals surface area (Å²) in [5, 5.41) is 0. The lowest BCUT2D eigenvalue weighted by molar-refractivity contribution is 0.415. The first-order chi connectivity index (χ1) is 8.79. The van der Waals surface area contributed by atoms with E-state index in [-0.39, 0.29) is 5.63 Å². The van der Waals surface area contributed by atoms with E-state index in [1.165, 1.54) is 0 Å². The van der Waals surface area contributed by atoms with Gasteiger partial charge in [-0.2, -0.15) is 0 Å². The lowest BCUT2D eigenvalue weighted by Gasteiger charge is -2.02. The maximum Gasteiger partial charge on any atom is 0.345 e. The number of hydrogen-bond donors (Lipinski definition) is 1. The van der Waals surface area contributed by atoms with E-state index in [4.69, 9.17) is 9.15 Å². The fourth-order valence-corrected chi connectivity index (χ4v) is 1.94. The van der Waals surface area contributed by atoms with Crippen molar-refractivity contribution in [2.75, 3.05) is 7.11 Å². The quantitative estimate of drug-likeness (QED) is 0.750. The molecule has 4 heteroatoms.